The summed E-state index contributed by atoms with van der Waals surface area (Å²) in [5.74, 6) is 0.0501. The Hall–Kier alpha value is -1.92. The third-order valence-corrected chi connectivity index (χ3v) is 4.16. The Balaban J connectivity index is 2.42. The quantitative estimate of drug-likeness (QED) is 0.842. The Morgan fingerprint density at radius 1 is 0.944 bits per heavy atom. The third kappa shape index (κ3) is 2.85. The van der Waals surface area contributed by atoms with E-state index in [0.717, 1.165) is 11.1 Å². The molecule has 0 aliphatic rings. The van der Waals surface area contributed by atoms with Crippen molar-refractivity contribution in [2.45, 2.75) is 5.25 Å². The van der Waals surface area contributed by atoms with Gasteiger partial charge in [0.05, 0.1) is 11.3 Å². The van der Waals surface area contributed by atoms with Gasteiger partial charge < -0.3 is 0 Å². The first-order chi connectivity index (χ1) is 8.83. The van der Waals surface area contributed by atoms with Crippen molar-refractivity contribution in [3.05, 3.63) is 71.8 Å². The molecular weight excluding hydrogens is 242 g/mol. The molecular formula is C15H13NOS. The van der Waals surface area contributed by atoms with Crippen LogP contribution in [0.15, 0.2) is 60.7 Å². The number of hydrogen-bond donors (Lipinski definition) is 0. The fourth-order valence-electron chi connectivity index (χ4n) is 1.90. The van der Waals surface area contributed by atoms with Crippen molar-refractivity contribution < 1.29 is 4.21 Å². The van der Waals surface area contributed by atoms with Crippen molar-refractivity contribution in [1.82, 2.24) is 0 Å². The van der Waals surface area contributed by atoms with Crippen LogP contribution in [0.5, 0.6) is 0 Å². The molecule has 0 N–H and O–H groups in total. The van der Waals surface area contributed by atoms with E-state index in [1.807, 2.05) is 66.7 Å². The van der Waals surface area contributed by atoms with Gasteiger partial charge in [0.1, 0.15) is 5.75 Å². The van der Waals surface area contributed by atoms with Crippen molar-refractivity contribution >= 4 is 10.8 Å². The molecule has 0 amide bonds. The lowest BCUT2D eigenvalue weighted by Crippen LogP contribution is -2.10. The lowest BCUT2D eigenvalue weighted by atomic mass is 10.0. The molecule has 0 bridgehead atoms. The van der Waals surface area contributed by atoms with Crippen LogP contribution in [0.4, 0.5) is 0 Å². The van der Waals surface area contributed by atoms with Gasteiger partial charge in [0.25, 0.3) is 0 Å². The summed E-state index contributed by atoms with van der Waals surface area (Å²) in [6.07, 6.45) is 0. The molecule has 1 atom stereocenters. The normalized spacial score (nSPS) is 12.0. The first-order valence-electron chi connectivity index (χ1n) is 5.67. The van der Waals surface area contributed by atoms with Crippen LogP contribution in [-0.2, 0) is 10.8 Å². The van der Waals surface area contributed by atoms with Crippen LogP contribution in [0.1, 0.15) is 16.4 Å². The van der Waals surface area contributed by atoms with Crippen LogP contribution in [-0.4, -0.2) is 9.96 Å². The number of hydrogen-bond acceptors (Lipinski definition) is 2. The maximum Gasteiger partial charge on any atom is 0.112 e. The summed E-state index contributed by atoms with van der Waals surface area (Å²) in [5, 5.41) is 8.51. The monoisotopic (exact) mass is 255 g/mol. The van der Waals surface area contributed by atoms with Crippen LogP contribution in [0, 0.1) is 11.3 Å². The van der Waals surface area contributed by atoms with E-state index < -0.39 is 10.8 Å². The van der Waals surface area contributed by atoms with Gasteiger partial charge in [-0.05, 0) is 11.1 Å². The summed E-state index contributed by atoms with van der Waals surface area (Å²) in [4.78, 5) is 0. The highest BCUT2D eigenvalue weighted by Gasteiger charge is 2.20. The minimum absolute atomic E-state index is 0.0501. The molecule has 0 heterocycles. The lowest BCUT2D eigenvalue weighted by Gasteiger charge is -2.16. The topological polar surface area (TPSA) is 40.9 Å². The molecule has 0 spiro atoms. The highest BCUT2D eigenvalue weighted by atomic mass is 32.2. The van der Waals surface area contributed by atoms with E-state index in [4.69, 9.17) is 5.26 Å². The highest BCUT2D eigenvalue weighted by Crippen LogP contribution is 2.27. The van der Waals surface area contributed by atoms with Crippen molar-refractivity contribution in [3.63, 3.8) is 0 Å². The summed E-state index contributed by atoms with van der Waals surface area (Å²) < 4.78 is 12.2. The third-order valence-electron chi connectivity index (χ3n) is 2.67. The summed E-state index contributed by atoms with van der Waals surface area (Å²) in [6.45, 7) is 0. The van der Waals surface area contributed by atoms with Gasteiger partial charge in [0.2, 0.25) is 0 Å². The van der Waals surface area contributed by atoms with Gasteiger partial charge in [-0.1, -0.05) is 60.7 Å². The molecule has 2 aromatic carbocycles. The first kappa shape index (κ1) is 12.5. The fourth-order valence-corrected chi connectivity index (χ4v) is 3.11. The van der Waals surface area contributed by atoms with Crippen LogP contribution in [0.3, 0.4) is 0 Å². The van der Waals surface area contributed by atoms with Crippen molar-refractivity contribution in [2.75, 3.05) is 5.75 Å². The van der Waals surface area contributed by atoms with E-state index >= 15 is 0 Å². The smallest absolute Gasteiger partial charge is 0.112 e. The van der Waals surface area contributed by atoms with E-state index in [1.54, 1.807) is 0 Å². The van der Waals surface area contributed by atoms with E-state index in [9.17, 15) is 4.21 Å². The number of nitriles is 1. The van der Waals surface area contributed by atoms with E-state index in [-0.39, 0.29) is 11.0 Å². The molecule has 0 aliphatic carbocycles. The van der Waals surface area contributed by atoms with Gasteiger partial charge in [-0.15, -0.1) is 0 Å². The standard InChI is InChI=1S/C15H13NOS/c16-11-12-18(17)15(13-7-3-1-4-8-13)14-9-5-2-6-10-14/h1-10,15H,12H2/t18-/m1/s1. The molecule has 0 saturated heterocycles. The minimum Gasteiger partial charge on any atom is -0.258 e. The second-order valence-corrected chi connectivity index (χ2v) is 5.41. The Morgan fingerprint density at radius 2 is 1.39 bits per heavy atom. The number of rotatable bonds is 4. The predicted octanol–water partition coefficient (Wildman–Crippen LogP) is 3.05. The molecule has 90 valence electrons. The molecule has 3 heteroatoms. The van der Waals surface area contributed by atoms with Crippen LogP contribution in [0.2, 0.25) is 0 Å². The summed E-state index contributed by atoms with van der Waals surface area (Å²) in [5.41, 5.74) is 1.97. The Morgan fingerprint density at radius 3 is 1.78 bits per heavy atom. The van der Waals surface area contributed by atoms with Gasteiger partial charge >= 0.3 is 0 Å². The largest absolute Gasteiger partial charge is 0.258 e. The van der Waals surface area contributed by atoms with Gasteiger partial charge in [-0.2, -0.15) is 5.26 Å². The minimum atomic E-state index is -1.22. The van der Waals surface area contributed by atoms with Crippen molar-refractivity contribution in [3.8, 4) is 6.07 Å². The molecule has 0 aliphatic heterocycles. The van der Waals surface area contributed by atoms with E-state index in [2.05, 4.69) is 0 Å². The second-order valence-electron chi connectivity index (χ2n) is 3.88. The number of nitrogens with zero attached hydrogens (tertiary/aromatic N) is 1. The zero-order valence-electron chi connectivity index (χ0n) is 9.82. The van der Waals surface area contributed by atoms with Crippen LogP contribution >= 0.6 is 0 Å². The van der Waals surface area contributed by atoms with Gasteiger partial charge in [0, 0.05) is 10.8 Å². The summed E-state index contributed by atoms with van der Waals surface area (Å²) in [6, 6.07) is 21.4. The van der Waals surface area contributed by atoms with Gasteiger partial charge in [-0.3, -0.25) is 4.21 Å². The maximum absolute atomic E-state index is 12.2. The average molecular weight is 255 g/mol. The lowest BCUT2D eigenvalue weighted by molar-refractivity contribution is 0.680. The predicted molar refractivity (Wildman–Crippen MR) is 73.3 cm³/mol. The van der Waals surface area contributed by atoms with Crippen LogP contribution < -0.4 is 0 Å². The molecule has 18 heavy (non-hydrogen) atoms. The molecule has 0 saturated carbocycles. The number of benzene rings is 2. The average Bonchev–Trinajstić information content (AvgIpc) is 2.42. The molecule has 2 aromatic rings. The van der Waals surface area contributed by atoms with Crippen LogP contribution in [0.25, 0.3) is 0 Å². The maximum atomic E-state index is 12.2. The summed E-state index contributed by atoms with van der Waals surface area (Å²) >= 11 is 0. The van der Waals surface area contributed by atoms with Gasteiger partial charge in [-0.25, -0.2) is 0 Å². The second kappa shape index (κ2) is 6.13. The first-order valence-corrected chi connectivity index (χ1v) is 7.05. The molecule has 0 unspecified atom stereocenters. The Labute approximate surface area is 109 Å². The van der Waals surface area contributed by atoms with Crippen molar-refractivity contribution in [1.29, 1.82) is 5.26 Å². The summed E-state index contributed by atoms with van der Waals surface area (Å²) in [7, 11) is -1.22. The zero-order chi connectivity index (χ0) is 12.8. The highest BCUT2D eigenvalue weighted by molar-refractivity contribution is 7.85. The Kier molecular flexibility index (Phi) is 4.27. The zero-order valence-corrected chi connectivity index (χ0v) is 10.6. The Bertz CT molecular complexity index is 521. The van der Waals surface area contributed by atoms with Crippen molar-refractivity contribution in [2.24, 2.45) is 0 Å². The molecule has 0 radical (unpaired) electrons. The molecule has 2 nitrogen and oxygen atoms in total. The molecule has 2 rings (SSSR count). The fraction of sp³-hybridized carbons (Fsp3) is 0.133. The van der Waals surface area contributed by atoms with E-state index in [0.29, 0.717) is 0 Å². The molecule has 0 fully saturated rings. The molecule has 0 aromatic heterocycles. The van der Waals surface area contributed by atoms with E-state index in [1.165, 1.54) is 0 Å². The van der Waals surface area contributed by atoms with Gasteiger partial charge in [0.15, 0.2) is 0 Å². The SMILES string of the molecule is N#CC[S@@](=O)C(c1ccccc1)c1ccccc1.